The molecule has 5 heteroatoms. The first-order chi connectivity index (χ1) is 5.68. The molecular weight excluding hydrogens is 174 g/mol. The summed E-state index contributed by atoms with van der Waals surface area (Å²) in [5.41, 5.74) is 0. The van der Waals surface area contributed by atoms with Crippen molar-refractivity contribution in [1.82, 2.24) is 0 Å². The Morgan fingerprint density at radius 3 is 2.33 bits per heavy atom. The molecule has 0 aliphatic rings. The van der Waals surface area contributed by atoms with Crippen molar-refractivity contribution in [2.75, 3.05) is 20.8 Å². The number of nitrogens with zero attached hydrogens (tertiary/aromatic N) is 1. The quantitative estimate of drug-likeness (QED) is 0.465. The zero-order valence-electron chi connectivity index (χ0n) is 7.79. The Balaban J connectivity index is 3.53. The number of unbranched alkanes of at least 4 members (excludes halogenated alkanes) is 1. The number of rotatable bonds is 6. The second-order valence-corrected chi connectivity index (χ2v) is 5.21. The van der Waals surface area contributed by atoms with Crippen LogP contribution in [0, 0.1) is 11.3 Å². The van der Waals surface area contributed by atoms with Crippen molar-refractivity contribution in [3.8, 4) is 6.07 Å². The average Bonchev–Trinajstić information content (AvgIpc) is 2.12. The summed E-state index contributed by atoms with van der Waals surface area (Å²) in [4.78, 5) is 0. The molecule has 0 unspecified atom stereocenters. The summed E-state index contributed by atoms with van der Waals surface area (Å²) in [7, 11) is 0.782. The summed E-state index contributed by atoms with van der Waals surface area (Å²) >= 11 is 0. The third-order valence-corrected chi connectivity index (χ3v) is 3.75. The SMILES string of the molecule is CO[Si](C)(OC)OCCCC#N. The van der Waals surface area contributed by atoms with Gasteiger partial charge in [-0.1, -0.05) is 0 Å². The summed E-state index contributed by atoms with van der Waals surface area (Å²) < 4.78 is 15.5. The normalized spacial score (nSPS) is 11.2. The van der Waals surface area contributed by atoms with E-state index in [1.807, 2.05) is 12.6 Å². The molecule has 0 aliphatic heterocycles. The van der Waals surface area contributed by atoms with Crippen LogP contribution in [0.25, 0.3) is 0 Å². The van der Waals surface area contributed by atoms with Crippen LogP contribution in [0.5, 0.6) is 0 Å². The minimum atomic E-state index is -2.36. The molecule has 0 spiro atoms. The molecule has 0 aromatic carbocycles. The predicted molar refractivity (Wildman–Crippen MR) is 46.4 cm³/mol. The second kappa shape index (κ2) is 6.14. The fraction of sp³-hybridized carbons (Fsp3) is 0.857. The van der Waals surface area contributed by atoms with Gasteiger partial charge in [0.2, 0.25) is 0 Å². The topological polar surface area (TPSA) is 51.5 Å². The zero-order chi connectivity index (χ0) is 9.45. The fourth-order valence-electron chi connectivity index (χ4n) is 0.610. The molecule has 70 valence electrons. The number of hydrogen-bond donors (Lipinski definition) is 0. The van der Waals surface area contributed by atoms with E-state index >= 15 is 0 Å². The largest absolute Gasteiger partial charge is 0.497 e. The van der Waals surface area contributed by atoms with Crippen LogP contribution in [0.1, 0.15) is 12.8 Å². The highest BCUT2D eigenvalue weighted by Gasteiger charge is 2.31. The maximum absolute atomic E-state index is 8.25. The van der Waals surface area contributed by atoms with Crippen LogP contribution in [0.15, 0.2) is 0 Å². The van der Waals surface area contributed by atoms with Crippen LogP contribution in [0.3, 0.4) is 0 Å². The molecule has 0 bridgehead atoms. The minimum Gasteiger partial charge on any atom is -0.377 e. The van der Waals surface area contributed by atoms with Gasteiger partial charge in [-0.25, -0.2) is 0 Å². The van der Waals surface area contributed by atoms with Crippen LogP contribution in [-0.4, -0.2) is 29.6 Å². The Bertz CT molecular complexity index is 153. The molecule has 4 nitrogen and oxygen atoms in total. The first-order valence-corrected chi connectivity index (χ1v) is 6.02. The predicted octanol–water partition coefficient (Wildman–Crippen LogP) is 1.17. The Morgan fingerprint density at radius 2 is 1.92 bits per heavy atom. The summed E-state index contributed by atoms with van der Waals surface area (Å²) in [5, 5.41) is 8.25. The van der Waals surface area contributed by atoms with Gasteiger partial charge < -0.3 is 13.3 Å². The summed E-state index contributed by atoms with van der Waals surface area (Å²) in [6.45, 7) is 2.34. The van der Waals surface area contributed by atoms with Gasteiger partial charge in [-0.15, -0.1) is 0 Å². The van der Waals surface area contributed by atoms with Crippen molar-refractivity contribution >= 4 is 8.80 Å². The van der Waals surface area contributed by atoms with E-state index in [-0.39, 0.29) is 0 Å². The van der Waals surface area contributed by atoms with Crippen molar-refractivity contribution in [2.45, 2.75) is 19.4 Å². The van der Waals surface area contributed by atoms with Crippen LogP contribution in [0.2, 0.25) is 6.55 Å². The highest BCUT2D eigenvalue weighted by atomic mass is 28.4. The first-order valence-electron chi connectivity index (χ1n) is 3.79. The lowest BCUT2D eigenvalue weighted by molar-refractivity contribution is 0.105. The molecule has 0 fully saturated rings. The lowest BCUT2D eigenvalue weighted by Crippen LogP contribution is -2.40. The molecule has 0 rings (SSSR count). The van der Waals surface area contributed by atoms with Crippen molar-refractivity contribution < 1.29 is 13.3 Å². The molecule has 0 aliphatic carbocycles. The maximum Gasteiger partial charge on any atom is 0.497 e. The zero-order valence-corrected chi connectivity index (χ0v) is 8.79. The van der Waals surface area contributed by atoms with Gasteiger partial charge in [-0.3, -0.25) is 0 Å². The van der Waals surface area contributed by atoms with Gasteiger partial charge in [0.15, 0.2) is 0 Å². The highest BCUT2D eigenvalue weighted by Crippen LogP contribution is 2.06. The van der Waals surface area contributed by atoms with Crippen LogP contribution in [-0.2, 0) is 13.3 Å². The van der Waals surface area contributed by atoms with Crippen LogP contribution >= 0.6 is 0 Å². The van der Waals surface area contributed by atoms with Crippen molar-refractivity contribution in [3.05, 3.63) is 0 Å². The van der Waals surface area contributed by atoms with Crippen molar-refractivity contribution in [2.24, 2.45) is 0 Å². The van der Waals surface area contributed by atoms with E-state index in [4.69, 9.17) is 18.5 Å². The molecule has 0 N–H and O–H groups in total. The number of nitriles is 1. The van der Waals surface area contributed by atoms with E-state index < -0.39 is 8.80 Å². The molecule has 0 saturated heterocycles. The van der Waals surface area contributed by atoms with E-state index in [1.165, 1.54) is 0 Å². The molecule has 12 heavy (non-hydrogen) atoms. The molecule has 0 aromatic rings. The van der Waals surface area contributed by atoms with E-state index in [1.54, 1.807) is 14.2 Å². The van der Waals surface area contributed by atoms with E-state index in [0.717, 1.165) is 6.42 Å². The Labute approximate surface area is 74.4 Å². The standard InChI is InChI=1S/C7H15NO3Si/c1-9-12(3,10-2)11-7-5-4-6-8/h4-5,7H2,1-3H3. The third kappa shape index (κ3) is 4.46. The average molecular weight is 189 g/mol. The van der Waals surface area contributed by atoms with Crippen LogP contribution < -0.4 is 0 Å². The molecule has 0 aromatic heterocycles. The van der Waals surface area contributed by atoms with Gasteiger partial charge in [0.05, 0.1) is 6.07 Å². The van der Waals surface area contributed by atoms with Crippen molar-refractivity contribution in [1.29, 1.82) is 5.26 Å². The maximum atomic E-state index is 8.25. The Morgan fingerprint density at radius 1 is 1.33 bits per heavy atom. The summed E-state index contributed by atoms with van der Waals surface area (Å²) in [6, 6.07) is 2.04. The van der Waals surface area contributed by atoms with Gasteiger partial charge in [-0.05, 0) is 6.42 Å². The van der Waals surface area contributed by atoms with Gasteiger partial charge in [0.1, 0.15) is 0 Å². The highest BCUT2D eigenvalue weighted by molar-refractivity contribution is 6.59. The van der Waals surface area contributed by atoms with Gasteiger partial charge in [-0.2, -0.15) is 5.26 Å². The van der Waals surface area contributed by atoms with Gasteiger partial charge >= 0.3 is 8.80 Å². The molecule has 0 heterocycles. The first kappa shape index (κ1) is 11.6. The van der Waals surface area contributed by atoms with E-state index in [0.29, 0.717) is 13.0 Å². The second-order valence-electron chi connectivity index (χ2n) is 2.38. The van der Waals surface area contributed by atoms with E-state index in [9.17, 15) is 0 Å². The third-order valence-electron chi connectivity index (χ3n) is 1.54. The summed E-state index contributed by atoms with van der Waals surface area (Å²) in [5.74, 6) is 0. The Hall–Kier alpha value is -0.413. The van der Waals surface area contributed by atoms with Gasteiger partial charge in [0.25, 0.3) is 0 Å². The lowest BCUT2D eigenvalue weighted by atomic mass is 10.4. The monoisotopic (exact) mass is 189 g/mol. The number of hydrogen-bond acceptors (Lipinski definition) is 4. The van der Waals surface area contributed by atoms with Crippen LogP contribution in [0.4, 0.5) is 0 Å². The minimum absolute atomic E-state index is 0.512. The molecule has 0 amide bonds. The Kier molecular flexibility index (Phi) is 5.93. The molecule has 0 atom stereocenters. The molecular formula is C7H15NO3Si. The van der Waals surface area contributed by atoms with Gasteiger partial charge in [0, 0.05) is 33.8 Å². The lowest BCUT2D eigenvalue weighted by Gasteiger charge is -2.21. The smallest absolute Gasteiger partial charge is 0.377 e. The molecule has 0 saturated carbocycles. The summed E-state index contributed by atoms with van der Waals surface area (Å²) in [6.07, 6.45) is 1.24. The van der Waals surface area contributed by atoms with E-state index in [2.05, 4.69) is 0 Å². The van der Waals surface area contributed by atoms with Crippen molar-refractivity contribution in [3.63, 3.8) is 0 Å². The molecule has 0 radical (unpaired) electrons. The fourth-order valence-corrected chi connectivity index (χ4v) is 1.53.